The quantitative estimate of drug-likeness (QED) is 0.626. The van der Waals surface area contributed by atoms with Crippen LogP contribution in [0.3, 0.4) is 0 Å². The van der Waals surface area contributed by atoms with Crippen LogP contribution in [-0.4, -0.2) is 43.4 Å². The minimum absolute atomic E-state index is 0.0118. The van der Waals surface area contributed by atoms with E-state index in [1.807, 2.05) is 48.5 Å². The molecule has 1 atom stereocenters. The molecule has 0 unspecified atom stereocenters. The molecule has 1 aliphatic heterocycles. The van der Waals surface area contributed by atoms with Crippen LogP contribution in [0.1, 0.15) is 24.5 Å². The van der Waals surface area contributed by atoms with Crippen molar-refractivity contribution in [2.24, 2.45) is 0 Å². The van der Waals surface area contributed by atoms with Crippen molar-refractivity contribution in [3.05, 3.63) is 64.1 Å². The van der Waals surface area contributed by atoms with Crippen LogP contribution in [0.25, 0.3) is 0 Å². The highest BCUT2D eigenvalue weighted by Gasteiger charge is 2.34. The van der Waals surface area contributed by atoms with E-state index in [0.29, 0.717) is 18.7 Å². The summed E-state index contributed by atoms with van der Waals surface area (Å²) in [6, 6.07) is 15.0. The molecule has 0 bridgehead atoms. The number of ether oxygens (including phenoxy) is 1. The lowest BCUT2D eigenvalue weighted by molar-refractivity contribution is -0.136. The van der Waals surface area contributed by atoms with Crippen molar-refractivity contribution in [2.75, 3.05) is 18.1 Å². The molecular formula is C21H24BrNO4S. The molecule has 0 spiro atoms. The zero-order valence-corrected chi connectivity index (χ0v) is 18.2. The van der Waals surface area contributed by atoms with Crippen molar-refractivity contribution >= 4 is 31.7 Å². The number of hydrogen-bond donors (Lipinski definition) is 0. The molecule has 1 aliphatic rings. The number of nitrogens with zero attached hydrogens (tertiary/aromatic N) is 1. The zero-order valence-electron chi connectivity index (χ0n) is 15.8. The number of carbonyl (C=O) groups is 1. The predicted molar refractivity (Wildman–Crippen MR) is 113 cm³/mol. The number of rotatable bonds is 7. The zero-order chi connectivity index (χ0) is 20.1. The molecule has 1 heterocycles. The van der Waals surface area contributed by atoms with Crippen molar-refractivity contribution in [1.82, 2.24) is 4.90 Å². The first-order chi connectivity index (χ1) is 13.4. The maximum Gasteiger partial charge on any atom is 0.261 e. The second kappa shape index (κ2) is 9.09. The third-order valence-corrected chi connectivity index (χ3v) is 7.15. The molecule has 3 rings (SSSR count). The van der Waals surface area contributed by atoms with E-state index in [2.05, 4.69) is 22.9 Å². The molecule has 0 N–H and O–H groups in total. The number of amides is 1. The number of halogens is 1. The number of sulfone groups is 1. The summed E-state index contributed by atoms with van der Waals surface area (Å²) in [6.07, 6.45) is 1.41. The normalized spacial score (nSPS) is 18.0. The molecular weight excluding hydrogens is 442 g/mol. The average Bonchev–Trinajstić information content (AvgIpc) is 3.04. The Kier molecular flexibility index (Phi) is 6.78. The summed E-state index contributed by atoms with van der Waals surface area (Å²) in [4.78, 5) is 14.6. The summed E-state index contributed by atoms with van der Waals surface area (Å²) in [5.74, 6) is 0.561. The third kappa shape index (κ3) is 5.58. The highest BCUT2D eigenvalue weighted by molar-refractivity contribution is 9.10. The fourth-order valence-electron chi connectivity index (χ4n) is 3.32. The van der Waals surface area contributed by atoms with E-state index in [9.17, 15) is 13.2 Å². The minimum Gasteiger partial charge on any atom is -0.484 e. The first-order valence-electron chi connectivity index (χ1n) is 9.32. The van der Waals surface area contributed by atoms with Crippen molar-refractivity contribution in [3.8, 4) is 5.75 Å². The van der Waals surface area contributed by atoms with E-state index in [4.69, 9.17) is 4.74 Å². The highest BCUT2D eigenvalue weighted by Crippen LogP contribution is 2.22. The van der Waals surface area contributed by atoms with Gasteiger partial charge in [-0.05, 0) is 48.2 Å². The van der Waals surface area contributed by atoms with Crippen molar-refractivity contribution in [2.45, 2.75) is 32.4 Å². The van der Waals surface area contributed by atoms with Gasteiger partial charge in [0.15, 0.2) is 16.4 Å². The SMILES string of the molecule is CCc1ccc(OCC(=O)N(Cc2cccc(Br)c2)[C@@H]2CCS(=O)(=O)C2)cc1. The molecule has 1 saturated heterocycles. The number of aryl methyl sites for hydroxylation is 1. The van der Waals surface area contributed by atoms with Gasteiger partial charge < -0.3 is 9.64 Å². The maximum atomic E-state index is 12.9. The molecule has 1 fully saturated rings. The first kappa shape index (κ1) is 20.9. The second-order valence-electron chi connectivity index (χ2n) is 6.99. The van der Waals surface area contributed by atoms with Gasteiger partial charge in [0.2, 0.25) is 0 Å². The molecule has 2 aromatic carbocycles. The monoisotopic (exact) mass is 465 g/mol. The van der Waals surface area contributed by atoms with Crippen LogP contribution in [0.2, 0.25) is 0 Å². The van der Waals surface area contributed by atoms with E-state index in [0.717, 1.165) is 16.5 Å². The van der Waals surface area contributed by atoms with Crippen LogP contribution < -0.4 is 4.74 Å². The Morgan fingerprint density at radius 3 is 2.54 bits per heavy atom. The molecule has 28 heavy (non-hydrogen) atoms. The average molecular weight is 466 g/mol. The van der Waals surface area contributed by atoms with Crippen molar-refractivity contribution < 1.29 is 17.9 Å². The van der Waals surface area contributed by atoms with E-state index < -0.39 is 9.84 Å². The summed E-state index contributed by atoms with van der Waals surface area (Å²) >= 11 is 3.44. The fourth-order valence-corrected chi connectivity index (χ4v) is 5.50. The predicted octanol–water partition coefficient (Wildman–Crippen LogP) is 3.61. The van der Waals surface area contributed by atoms with Gasteiger partial charge in [-0.25, -0.2) is 8.42 Å². The Labute approximate surface area is 174 Å². The third-order valence-electron chi connectivity index (χ3n) is 4.91. The molecule has 0 saturated carbocycles. The lowest BCUT2D eigenvalue weighted by Gasteiger charge is -2.28. The van der Waals surface area contributed by atoms with Gasteiger partial charge in [0.05, 0.1) is 11.5 Å². The summed E-state index contributed by atoms with van der Waals surface area (Å²) in [6.45, 7) is 2.32. The first-order valence-corrected chi connectivity index (χ1v) is 11.9. The molecule has 0 aliphatic carbocycles. The summed E-state index contributed by atoms with van der Waals surface area (Å²) in [5, 5.41) is 0. The van der Waals surface area contributed by atoms with Crippen LogP contribution in [-0.2, 0) is 27.6 Å². The molecule has 1 amide bonds. The van der Waals surface area contributed by atoms with Crippen LogP contribution in [0.5, 0.6) is 5.75 Å². The van der Waals surface area contributed by atoms with Gasteiger partial charge in [-0.3, -0.25) is 4.79 Å². The van der Waals surface area contributed by atoms with Gasteiger partial charge in [-0.2, -0.15) is 0 Å². The number of carbonyl (C=O) groups excluding carboxylic acids is 1. The Balaban J connectivity index is 1.72. The lowest BCUT2D eigenvalue weighted by Crippen LogP contribution is -2.43. The van der Waals surface area contributed by atoms with Gasteiger partial charge >= 0.3 is 0 Å². The van der Waals surface area contributed by atoms with Gasteiger partial charge in [-0.15, -0.1) is 0 Å². The van der Waals surface area contributed by atoms with Gasteiger partial charge in [-0.1, -0.05) is 47.1 Å². The Morgan fingerprint density at radius 2 is 1.93 bits per heavy atom. The summed E-state index contributed by atoms with van der Waals surface area (Å²) in [7, 11) is -3.09. The van der Waals surface area contributed by atoms with Gasteiger partial charge in [0.25, 0.3) is 5.91 Å². The van der Waals surface area contributed by atoms with Crippen molar-refractivity contribution in [1.29, 1.82) is 0 Å². The molecule has 2 aromatic rings. The van der Waals surface area contributed by atoms with E-state index >= 15 is 0 Å². The summed E-state index contributed by atoms with van der Waals surface area (Å²) < 4.78 is 30.5. The smallest absolute Gasteiger partial charge is 0.261 e. The second-order valence-corrected chi connectivity index (χ2v) is 10.1. The highest BCUT2D eigenvalue weighted by atomic mass is 79.9. The van der Waals surface area contributed by atoms with Crippen LogP contribution in [0, 0.1) is 0 Å². The molecule has 0 aromatic heterocycles. The lowest BCUT2D eigenvalue weighted by atomic mass is 10.1. The van der Waals surface area contributed by atoms with Crippen LogP contribution in [0.4, 0.5) is 0 Å². The van der Waals surface area contributed by atoms with Crippen molar-refractivity contribution in [3.63, 3.8) is 0 Å². The Bertz CT molecular complexity index is 928. The van der Waals surface area contributed by atoms with E-state index in [1.54, 1.807) is 4.90 Å². The van der Waals surface area contributed by atoms with Gasteiger partial charge in [0.1, 0.15) is 5.75 Å². The molecule has 7 heteroatoms. The standard InChI is InChI=1S/C21H24BrNO4S/c1-2-16-6-8-20(9-7-16)27-14-21(24)23(19-10-11-28(25,26)15-19)13-17-4-3-5-18(22)12-17/h3-9,12,19H,2,10-11,13-15H2,1H3/t19-/m1/s1. The molecule has 5 nitrogen and oxygen atoms in total. The largest absolute Gasteiger partial charge is 0.484 e. The van der Waals surface area contributed by atoms with E-state index in [1.165, 1.54) is 5.56 Å². The number of hydrogen-bond acceptors (Lipinski definition) is 4. The molecule has 0 radical (unpaired) electrons. The molecule has 150 valence electrons. The van der Waals surface area contributed by atoms with E-state index in [-0.39, 0.29) is 30.1 Å². The Morgan fingerprint density at radius 1 is 1.18 bits per heavy atom. The number of benzene rings is 2. The topological polar surface area (TPSA) is 63.7 Å². The summed E-state index contributed by atoms with van der Waals surface area (Å²) in [5.41, 5.74) is 2.14. The van der Waals surface area contributed by atoms with Crippen LogP contribution >= 0.6 is 15.9 Å². The minimum atomic E-state index is -3.09. The fraction of sp³-hybridized carbons (Fsp3) is 0.381. The van der Waals surface area contributed by atoms with Gasteiger partial charge in [0, 0.05) is 17.1 Å². The maximum absolute atomic E-state index is 12.9. The van der Waals surface area contributed by atoms with Crippen LogP contribution in [0.15, 0.2) is 53.0 Å². The Hall–Kier alpha value is -1.86.